The summed E-state index contributed by atoms with van der Waals surface area (Å²) in [6.07, 6.45) is 1.55. The Kier molecular flexibility index (Phi) is 6.73. The van der Waals surface area contributed by atoms with E-state index in [0.717, 1.165) is 5.56 Å². The quantitative estimate of drug-likeness (QED) is 0.296. The van der Waals surface area contributed by atoms with Crippen LogP contribution in [0.15, 0.2) is 77.9 Å². The minimum absolute atomic E-state index is 0.0191. The van der Waals surface area contributed by atoms with Crippen molar-refractivity contribution in [2.75, 3.05) is 7.11 Å². The van der Waals surface area contributed by atoms with E-state index in [1.165, 1.54) is 6.21 Å². The molecule has 0 saturated carbocycles. The van der Waals surface area contributed by atoms with E-state index >= 15 is 0 Å². The second-order valence-corrected chi connectivity index (χ2v) is 7.87. The number of pyridine rings is 1. The van der Waals surface area contributed by atoms with Gasteiger partial charge in [0.05, 0.1) is 36.2 Å². The van der Waals surface area contributed by atoms with Crippen molar-refractivity contribution in [2.45, 2.75) is 20.0 Å². The van der Waals surface area contributed by atoms with Crippen LogP contribution in [0.25, 0.3) is 22.2 Å². The number of carbonyl (C=O) groups is 1. The maximum Gasteiger partial charge on any atom is 0.272 e. The van der Waals surface area contributed by atoms with Crippen molar-refractivity contribution in [2.24, 2.45) is 5.10 Å². The zero-order chi connectivity index (χ0) is 24.1. The number of nitrogens with zero attached hydrogens (tertiary/aromatic N) is 2. The van der Waals surface area contributed by atoms with Crippen molar-refractivity contribution in [1.29, 1.82) is 0 Å². The smallest absolute Gasteiger partial charge is 0.272 e. The van der Waals surface area contributed by atoms with Gasteiger partial charge in [-0.15, -0.1) is 0 Å². The van der Waals surface area contributed by atoms with E-state index < -0.39 is 5.91 Å². The summed E-state index contributed by atoms with van der Waals surface area (Å²) >= 11 is 0. The fourth-order valence-electron chi connectivity index (χ4n) is 3.53. The van der Waals surface area contributed by atoms with Gasteiger partial charge in [0, 0.05) is 10.9 Å². The lowest BCUT2D eigenvalue weighted by atomic mass is 10.0. The Morgan fingerprint density at radius 3 is 2.56 bits per heavy atom. The highest BCUT2D eigenvalue weighted by Gasteiger charge is 2.15. The highest BCUT2D eigenvalue weighted by Crippen LogP contribution is 2.31. The Labute approximate surface area is 197 Å². The summed E-state index contributed by atoms with van der Waals surface area (Å²) < 4.78 is 11.1. The number of aromatic nitrogens is 1. The molecule has 0 atom stereocenters. The molecule has 172 valence electrons. The zero-order valence-corrected chi connectivity index (χ0v) is 19.1. The number of ether oxygens (including phenoxy) is 2. The Morgan fingerprint density at radius 1 is 1.03 bits per heavy atom. The monoisotopic (exact) mass is 455 g/mol. The molecule has 0 saturated heterocycles. The lowest BCUT2D eigenvalue weighted by molar-refractivity contribution is 0.0956. The predicted molar refractivity (Wildman–Crippen MR) is 133 cm³/mol. The topological polar surface area (TPSA) is 93.0 Å². The number of para-hydroxylation sites is 2. The Bertz CT molecular complexity index is 1370. The average Bonchev–Trinajstić information content (AvgIpc) is 2.84. The maximum atomic E-state index is 13.1. The van der Waals surface area contributed by atoms with E-state index in [1.54, 1.807) is 43.5 Å². The first-order valence-electron chi connectivity index (χ1n) is 10.8. The molecular weight excluding hydrogens is 430 g/mol. The van der Waals surface area contributed by atoms with Gasteiger partial charge in [0.1, 0.15) is 5.75 Å². The van der Waals surface area contributed by atoms with Crippen LogP contribution >= 0.6 is 0 Å². The summed E-state index contributed by atoms with van der Waals surface area (Å²) in [6.45, 7) is 3.88. The van der Waals surface area contributed by atoms with E-state index in [9.17, 15) is 9.90 Å². The molecular formula is C27H25N3O4. The molecule has 7 nitrogen and oxygen atoms in total. The minimum Gasteiger partial charge on any atom is -0.507 e. The number of phenols is 1. The number of fused-ring (bicyclic) bond motifs is 1. The third-order valence-corrected chi connectivity index (χ3v) is 5.07. The summed E-state index contributed by atoms with van der Waals surface area (Å²) in [5.41, 5.74) is 5.41. The summed E-state index contributed by atoms with van der Waals surface area (Å²) in [7, 11) is 1.57. The third kappa shape index (κ3) is 4.99. The number of amides is 1. The fourth-order valence-corrected chi connectivity index (χ4v) is 3.53. The molecule has 1 heterocycles. The predicted octanol–water partition coefficient (Wildman–Crippen LogP) is 5.17. The van der Waals surface area contributed by atoms with E-state index in [4.69, 9.17) is 9.47 Å². The highest BCUT2D eigenvalue weighted by atomic mass is 16.5. The highest BCUT2D eigenvalue weighted by molar-refractivity contribution is 6.07. The summed E-state index contributed by atoms with van der Waals surface area (Å²) in [5, 5.41) is 15.1. The van der Waals surface area contributed by atoms with Crippen molar-refractivity contribution in [3.8, 4) is 28.5 Å². The van der Waals surface area contributed by atoms with Gasteiger partial charge in [-0.1, -0.05) is 30.3 Å². The van der Waals surface area contributed by atoms with Crippen molar-refractivity contribution in [3.63, 3.8) is 0 Å². The van der Waals surface area contributed by atoms with Crippen molar-refractivity contribution < 1.29 is 19.4 Å². The molecule has 0 aliphatic carbocycles. The van der Waals surface area contributed by atoms with Crippen LogP contribution in [0.5, 0.6) is 17.2 Å². The van der Waals surface area contributed by atoms with Gasteiger partial charge >= 0.3 is 0 Å². The molecule has 0 aliphatic heterocycles. The van der Waals surface area contributed by atoms with Gasteiger partial charge in [-0.3, -0.25) is 4.79 Å². The van der Waals surface area contributed by atoms with Gasteiger partial charge in [-0.2, -0.15) is 5.10 Å². The van der Waals surface area contributed by atoms with Crippen LogP contribution < -0.4 is 14.9 Å². The molecule has 1 aromatic heterocycles. The van der Waals surface area contributed by atoms with Crippen LogP contribution in [0.3, 0.4) is 0 Å². The molecule has 4 rings (SSSR count). The number of carbonyl (C=O) groups excluding carboxylic acids is 1. The summed E-state index contributed by atoms with van der Waals surface area (Å²) in [5.74, 6) is 0.918. The molecule has 0 spiro atoms. The summed E-state index contributed by atoms with van der Waals surface area (Å²) in [6, 6.07) is 21.3. The zero-order valence-electron chi connectivity index (χ0n) is 19.1. The van der Waals surface area contributed by atoms with E-state index in [1.807, 2.05) is 50.2 Å². The van der Waals surface area contributed by atoms with Crippen LogP contribution in [0, 0.1) is 0 Å². The van der Waals surface area contributed by atoms with Crippen LogP contribution in [0.2, 0.25) is 0 Å². The molecule has 1 amide bonds. The number of nitrogens with one attached hydrogen (secondary N) is 1. The first-order chi connectivity index (χ1) is 16.5. The third-order valence-electron chi connectivity index (χ3n) is 5.07. The molecule has 7 heteroatoms. The molecule has 34 heavy (non-hydrogen) atoms. The summed E-state index contributed by atoms with van der Waals surface area (Å²) in [4.78, 5) is 17.7. The molecule has 0 fully saturated rings. The molecule has 2 N–H and O–H groups in total. The number of benzene rings is 3. The van der Waals surface area contributed by atoms with Gasteiger partial charge in [-0.25, -0.2) is 10.4 Å². The van der Waals surface area contributed by atoms with E-state index in [2.05, 4.69) is 15.5 Å². The number of methoxy groups -OCH3 is 1. The lowest BCUT2D eigenvalue weighted by Crippen LogP contribution is -2.18. The van der Waals surface area contributed by atoms with Crippen LogP contribution in [0.4, 0.5) is 0 Å². The number of phenolic OH excluding ortho intramolecular Hbond substituents is 1. The van der Waals surface area contributed by atoms with Crippen molar-refractivity contribution in [3.05, 3.63) is 83.9 Å². The largest absolute Gasteiger partial charge is 0.507 e. The fraction of sp³-hybridized carbons (Fsp3) is 0.148. The number of aromatic hydroxyl groups is 1. The lowest BCUT2D eigenvalue weighted by Gasteiger charge is -2.13. The van der Waals surface area contributed by atoms with Gasteiger partial charge in [0.25, 0.3) is 5.91 Å². The number of hydrogen-bond donors (Lipinski definition) is 2. The standard InChI is InChI=1S/C27H25N3O4/c1-17(2)34-25-13-12-18(14-26(25)33-3)16-28-30-27(32)21-15-23(20-9-5-7-11-24(20)31)29-22-10-6-4-8-19(21)22/h4-17,31H,1-3H3,(H,30,32)/b28-16+. The molecule has 4 aromatic rings. The number of rotatable bonds is 7. The SMILES string of the molecule is COc1cc(/C=N/NC(=O)c2cc(-c3ccccc3O)nc3ccccc23)ccc1OC(C)C. The van der Waals surface area contributed by atoms with Gasteiger partial charge in [-0.05, 0) is 61.9 Å². The van der Waals surface area contributed by atoms with Gasteiger partial charge in [0.15, 0.2) is 11.5 Å². The first-order valence-corrected chi connectivity index (χ1v) is 10.8. The normalized spacial score (nSPS) is 11.2. The van der Waals surface area contributed by atoms with Gasteiger partial charge < -0.3 is 14.6 Å². The van der Waals surface area contributed by atoms with E-state index in [0.29, 0.717) is 39.2 Å². The Hall–Kier alpha value is -4.39. The molecule has 0 aliphatic rings. The van der Waals surface area contributed by atoms with Crippen molar-refractivity contribution in [1.82, 2.24) is 10.4 Å². The van der Waals surface area contributed by atoms with Crippen LogP contribution in [0.1, 0.15) is 29.8 Å². The number of hydrogen-bond acceptors (Lipinski definition) is 6. The van der Waals surface area contributed by atoms with Crippen LogP contribution in [-0.2, 0) is 0 Å². The van der Waals surface area contributed by atoms with Crippen molar-refractivity contribution >= 4 is 23.0 Å². The Balaban J connectivity index is 1.61. The minimum atomic E-state index is -0.391. The molecule has 0 bridgehead atoms. The average molecular weight is 456 g/mol. The second kappa shape index (κ2) is 10.0. The van der Waals surface area contributed by atoms with E-state index in [-0.39, 0.29) is 11.9 Å². The second-order valence-electron chi connectivity index (χ2n) is 7.87. The first kappa shape index (κ1) is 22.8. The molecule has 0 radical (unpaired) electrons. The van der Waals surface area contributed by atoms with Gasteiger partial charge in [0.2, 0.25) is 0 Å². The number of hydrazone groups is 1. The molecule has 0 unspecified atom stereocenters. The Morgan fingerprint density at radius 2 is 1.79 bits per heavy atom. The maximum absolute atomic E-state index is 13.1. The van der Waals surface area contributed by atoms with Crippen LogP contribution in [-0.4, -0.2) is 35.4 Å². The molecule has 3 aromatic carbocycles.